The molecule has 0 aliphatic carbocycles. The Morgan fingerprint density at radius 1 is 0.771 bits per heavy atom. The van der Waals surface area contributed by atoms with Crippen LogP contribution in [0.3, 0.4) is 0 Å². The molecule has 4 heterocycles. The van der Waals surface area contributed by atoms with Crippen molar-refractivity contribution in [3.05, 3.63) is 186 Å². The largest absolute Gasteiger partial charge is 0.489 e. The first-order valence-electron chi connectivity index (χ1n) is 23.4. The normalized spacial score (nSPS) is 18.4. The molecule has 4 aliphatic rings. The summed E-state index contributed by atoms with van der Waals surface area (Å²) < 4.78 is 26.2. The van der Waals surface area contributed by atoms with Crippen molar-refractivity contribution in [2.45, 2.75) is 69.5 Å². The Balaban J connectivity index is 0.892. The summed E-state index contributed by atoms with van der Waals surface area (Å²) in [6.45, 7) is 2.75. The fourth-order valence-corrected chi connectivity index (χ4v) is 12.1. The Morgan fingerprint density at radius 2 is 1.50 bits per heavy atom. The number of amides is 1. The number of fused-ring (bicyclic) bond motifs is 7. The first-order valence-corrected chi connectivity index (χ1v) is 25.9. The number of aryl methyl sites for hydroxylation is 1. The second kappa shape index (κ2) is 20.2. The summed E-state index contributed by atoms with van der Waals surface area (Å²) in [6.07, 6.45) is 7.24. The van der Waals surface area contributed by atoms with Crippen LogP contribution in [-0.2, 0) is 39.4 Å². The van der Waals surface area contributed by atoms with E-state index in [4.69, 9.17) is 65.4 Å². The molecule has 1 amide bonds. The maximum Gasteiger partial charge on any atom is 0.341 e. The summed E-state index contributed by atoms with van der Waals surface area (Å²) in [5.41, 5.74) is 5.44. The van der Waals surface area contributed by atoms with Gasteiger partial charge in [-0.1, -0.05) is 133 Å². The summed E-state index contributed by atoms with van der Waals surface area (Å²) in [4.78, 5) is 43.8. The summed E-state index contributed by atoms with van der Waals surface area (Å²) in [6, 6.07) is 36.9. The number of Topliss-reactive ketones (excluding diaryl/α,β-unsaturated/α-hetero) is 1. The number of carbonyl (C=O) groups excluding carboxylic acids is 3. The van der Waals surface area contributed by atoms with Gasteiger partial charge in [-0.2, -0.15) is 0 Å². The molecule has 0 saturated carbocycles. The van der Waals surface area contributed by atoms with Gasteiger partial charge in [0, 0.05) is 72.0 Å². The third-order valence-corrected chi connectivity index (χ3v) is 16.6. The van der Waals surface area contributed by atoms with Gasteiger partial charge in [0.25, 0.3) is 0 Å². The number of esters is 1. The van der Waals surface area contributed by atoms with Crippen LogP contribution in [0.15, 0.2) is 127 Å². The highest BCUT2D eigenvalue weighted by molar-refractivity contribution is 8.00. The lowest BCUT2D eigenvalue weighted by atomic mass is 9.76. The van der Waals surface area contributed by atoms with Gasteiger partial charge in [-0.25, -0.2) is 4.79 Å². The van der Waals surface area contributed by atoms with E-state index in [-0.39, 0.29) is 61.7 Å². The number of thioether (sulfide) groups is 1. The number of unbranched alkanes of at least 4 members (excludes halogenated alkanes) is 3. The number of hydrogen-bond acceptors (Lipinski definition) is 9. The van der Waals surface area contributed by atoms with E-state index >= 15 is 0 Å². The van der Waals surface area contributed by atoms with Crippen molar-refractivity contribution in [3.8, 4) is 23.0 Å². The third kappa shape index (κ3) is 9.02. The van der Waals surface area contributed by atoms with Crippen molar-refractivity contribution in [3.63, 3.8) is 0 Å². The second-order valence-electron chi connectivity index (χ2n) is 18.0. The first-order chi connectivity index (χ1) is 33.9. The lowest BCUT2D eigenvalue weighted by Crippen LogP contribution is -2.58. The highest BCUT2D eigenvalue weighted by Gasteiger charge is 2.57. The molecule has 14 heteroatoms. The zero-order chi connectivity index (χ0) is 48.7. The van der Waals surface area contributed by atoms with Gasteiger partial charge in [-0.3, -0.25) is 9.59 Å². The molecule has 0 N–H and O–H groups in total. The quantitative estimate of drug-likeness (QED) is 0.0291. The predicted octanol–water partition coefficient (Wildman–Crippen LogP) is 14.3. The summed E-state index contributed by atoms with van der Waals surface area (Å²) in [5.74, 6) is 1.96. The number of nitrogens with zero attached hydrogens (tertiary/aromatic N) is 2. The molecule has 0 bridgehead atoms. The minimum absolute atomic E-state index is 0.0147. The number of β-lactam (4-membered cyclic amide) rings is 1. The van der Waals surface area contributed by atoms with Crippen LogP contribution in [0.4, 0.5) is 11.4 Å². The fraction of sp³-hybridized carbons (Fsp3) is 0.268. The molecule has 1 spiro atoms. The van der Waals surface area contributed by atoms with Crippen molar-refractivity contribution in [1.29, 1.82) is 0 Å². The number of carbonyl (C=O) groups is 3. The van der Waals surface area contributed by atoms with Crippen LogP contribution in [0.2, 0.25) is 20.1 Å². The Bertz CT molecular complexity index is 3040. The number of para-hydroxylation sites is 1. The summed E-state index contributed by atoms with van der Waals surface area (Å²) in [5, 5.41) is -0.0230. The molecule has 0 aromatic heterocycles. The molecule has 3 atom stereocenters. The lowest BCUT2D eigenvalue weighted by Gasteiger charge is -2.47. The van der Waals surface area contributed by atoms with Crippen LogP contribution >= 0.6 is 58.2 Å². The van der Waals surface area contributed by atoms with Gasteiger partial charge in [0.1, 0.15) is 42.0 Å². The van der Waals surface area contributed by atoms with Crippen molar-refractivity contribution >= 4 is 87.2 Å². The molecule has 1 saturated heterocycles. The van der Waals surface area contributed by atoms with Gasteiger partial charge < -0.3 is 28.7 Å². The molecule has 6 aromatic rings. The van der Waals surface area contributed by atoms with E-state index in [9.17, 15) is 14.4 Å². The van der Waals surface area contributed by atoms with E-state index in [1.54, 1.807) is 16.7 Å². The van der Waals surface area contributed by atoms with Crippen LogP contribution in [0.25, 0.3) is 0 Å². The Kier molecular flexibility index (Phi) is 13.9. The lowest BCUT2D eigenvalue weighted by molar-refractivity contribution is -0.148. The summed E-state index contributed by atoms with van der Waals surface area (Å²) in [7, 11) is 1.97. The van der Waals surface area contributed by atoms with E-state index in [2.05, 4.69) is 6.92 Å². The molecular formula is C56H48Cl4N2O7S. The minimum atomic E-state index is -1.59. The molecule has 9 nitrogen and oxygen atoms in total. The van der Waals surface area contributed by atoms with E-state index < -0.39 is 11.6 Å². The number of rotatable bonds is 17. The molecular weight excluding hydrogens is 987 g/mol. The summed E-state index contributed by atoms with van der Waals surface area (Å²) >= 11 is 28.9. The smallest absolute Gasteiger partial charge is 0.341 e. The van der Waals surface area contributed by atoms with Crippen molar-refractivity contribution < 1.29 is 33.3 Å². The molecule has 1 fully saturated rings. The van der Waals surface area contributed by atoms with Crippen molar-refractivity contribution in [2.75, 3.05) is 24.3 Å². The third-order valence-electron chi connectivity index (χ3n) is 13.4. The molecule has 0 radical (unpaired) electrons. The number of halogens is 4. The van der Waals surface area contributed by atoms with Crippen LogP contribution in [0.1, 0.15) is 82.8 Å². The Labute approximate surface area is 431 Å². The Hall–Kier alpha value is -5.62. The number of anilines is 2. The molecule has 10 rings (SSSR count). The molecule has 358 valence electrons. The minimum Gasteiger partial charge on any atom is -0.489 e. The molecule has 1 unspecified atom stereocenters. The Morgan fingerprint density at radius 3 is 2.26 bits per heavy atom. The SMILES string of the molecule is CCCCCCc1cc2c(cc1OCc1ccc(OCC3=CN4C(=O)[C@H](CC(=O)Cc5ccccc5)[C@@H]4SC3)cc1)Oc1cc(N(C)c3ccccc3)ccc1C21OC(=O)c2c(Cl)c(Cl)c(Cl)c(Cl)c21. The van der Waals surface area contributed by atoms with E-state index in [1.807, 2.05) is 133 Å². The maximum absolute atomic E-state index is 14.1. The van der Waals surface area contributed by atoms with Crippen LogP contribution in [0.5, 0.6) is 23.0 Å². The monoisotopic (exact) mass is 1030 g/mol. The van der Waals surface area contributed by atoms with Crippen LogP contribution in [0, 0.1) is 5.92 Å². The average Bonchev–Trinajstić information content (AvgIpc) is 3.69. The highest BCUT2D eigenvalue weighted by atomic mass is 35.5. The molecule has 4 aliphatic heterocycles. The molecule has 6 aromatic carbocycles. The van der Waals surface area contributed by atoms with E-state index in [1.165, 1.54) is 0 Å². The van der Waals surface area contributed by atoms with Gasteiger partial charge in [0.15, 0.2) is 5.60 Å². The van der Waals surface area contributed by atoms with E-state index in [0.717, 1.165) is 59.3 Å². The van der Waals surface area contributed by atoms with Crippen LogP contribution in [-0.4, -0.2) is 47.3 Å². The van der Waals surface area contributed by atoms with Gasteiger partial charge in [0.2, 0.25) is 5.91 Å². The van der Waals surface area contributed by atoms with Gasteiger partial charge in [0.05, 0.1) is 36.9 Å². The van der Waals surface area contributed by atoms with Crippen molar-refractivity contribution in [2.24, 2.45) is 5.92 Å². The van der Waals surface area contributed by atoms with Gasteiger partial charge in [-0.15, -0.1) is 11.8 Å². The van der Waals surface area contributed by atoms with Crippen molar-refractivity contribution in [1.82, 2.24) is 4.90 Å². The van der Waals surface area contributed by atoms with Gasteiger partial charge in [-0.05, 0) is 77.6 Å². The zero-order valence-corrected chi connectivity index (χ0v) is 42.3. The number of ketones is 1. The fourth-order valence-electron chi connectivity index (χ4n) is 9.71. The maximum atomic E-state index is 14.1. The number of hydrogen-bond donors (Lipinski definition) is 0. The average molecular weight is 1030 g/mol. The molecule has 70 heavy (non-hydrogen) atoms. The number of ether oxygens (including phenoxy) is 4. The van der Waals surface area contributed by atoms with Crippen LogP contribution < -0.4 is 19.1 Å². The van der Waals surface area contributed by atoms with Gasteiger partial charge >= 0.3 is 5.97 Å². The number of benzene rings is 6. The second-order valence-corrected chi connectivity index (χ2v) is 20.6. The zero-order valence-electron chi connectivity index (χ0n) is 38.4. The van der Waals surface area contributed by atoms with E-state index in [0.29, 0.717) is 64.9 Å². The first kappa shape index (κ1) is 48.0. The highest BCUT2D eigenvalue weighted by Crippen LogP contribution is 2.62. The predicted molar refractivity (Wildman–Crippen MR) is 278 cm³/mol. The topological polar surface area (TPSA) is 94.6 Å². The standard InChI is InChI=1S/C56H48Cl4N2O7S/c1-3-4-5-10-15-36-25-43-46(68-45-26-38(61(2)37-16-11-7-12-17-37)20-23-42(45)56(43)48-47(55(65)69-56)49(57)51(59)52(60)50(48)58)28-44(36)67-30-34-18-21-40(22-19-34)66-31-35-29-62-53(64)41(54(62)70-32-35)27-39(63)24-33-13-8-6-9-14-33/h6-9,11-14,16-23,25-26,28-29,41,54H,3-5,10,15,24,27,30-32H2,1-2H3/t41-,54-,56?/m0/s1.